The molecule has 0 spiro atoms. The molecule has 1 fully saturated rings. The summed E-state index contributed by atoms with van der Waals surface area (Å²) >= 11 is 0. The Labute approximate surface area is 161 Å². The van der Waals surface area contributed by atoms with Gasteiger partial charge in [0, 0.05) is 25.5 Å². The van der Waals surface area contributed by atoms with Crippen LogP contribution < -0.4 is 0 Å². The molecule has 1 amide bonds. The largest absolute Gasteiger partial charge is 0.419 e. The van der Waals surface area contributed by atoms with E-state index in [1.165, 1.54) is 5.56 Å². The molecule has 2 aliphatic rings. The van der Waals surface area contributed by atoms with Gasteiger partial charge in [-0.25, -0.2) is 4.98 Å². The highest BCUT2D eigenvalue weighted by Gasteiger charge is 2.36. The lowest BCUT2D eigenvalue weighted by Crippen LogP contribution is -2.36. The van der Waals surface area contributed by atoms with Crippen LogP contribution in [0.1, 0.15) is 35.5 Å². The molecule has 3 aromatic rings. The average Bonchev–Trinajstić information content (AvgIpc) is 3.43. The van der Waals surface area contributed by atoms with E-state index in [1.807, 2.05) is 23.1 Å². The van der Waals surface area contributed by atoms with Gasteiger partial charge in [0.15, 0.2) is 6.10 Å². The molecule has 8 nitrogen and oxygen atoms in total. The van der Waals surface area contributed by atoms with Gasteiger partial charge in [-0.2, -0.15) is 0 Å². The first-order chi connectivity index (χ1) is 13.8. The van der Waals surface area contributed by atoms with Crippen molar-refractivity contribution in [3.05, 3.63) is 59.9 Å². The van der Waals surface area contributed by atoms with Gasteiger partial charge in [0.1, 0.15) is 5.69 Å². The molecule has 4 heterocycles. The number of nitrogens with zero attached hydrogens (tertiary/aromatic N) is 5. The number of carbonyl (C=O) groups excluding carboxylic acids is 1. The van der Waals surface area contributed by atoms with Crippen molar-refractivity contribution in [2.24, 2.45) is 0 Å². The Morgan fingerprint density at radius 2 is 2.11 bits per heavy atom. The van der Waals surface area contributed by atoms with Crippen LogP contribution in [0, 0.1) is 0 Å². The number of carbonyl (C=O) groups is 1. The summed E-state index contributed by atoms with van der Waals surface area (Å²) in [5, 5.41) is 8.24. The lowest BCUT2D eigenvalue weighted by molar-refractivity contribution is -0.144. The summed E-state index contributed by atoms with van der Waals surface area (Å²) in [6, 6.07) is 8.00. The SMILES string of the molecule is O=C([C@@H]1OCCc2ccccc21)N1CC[C@@H](c2nnc(-c3cnccn3)o2)C1. The van der Waals surface area contributed by atoms with Gasteiger partial charge >= 0.3 is 0 Å². The summed E-state index contributed by atoms with van der Waals surface area (Å²) in [6.07, 6.45) is 5.85. The van der Waals surface area contributed by atoms with Crippen molar-refractivity contribution in [2.45, 2.75) is 24.9 Å². The number of likely N-dealkylation sites (tertiary alicyclic amines) is 1. The van der Waals surface area contributed by atoms with E-state index >= 15 is 0 Å². The van der Waals surface area contributed by atoms with Crippen LogP contribution in [0.25, 0.3) is 11.6 Å². The fourth-order valence-electron chi connectivity index (χ4n) is 3.84. The molecule has 0 aliphatic carbocycles. The molecule has 1 saturated heterocycles. The quantitative estimate of drug-likeness (QED) is 0.690. The summed E-state index contributed by atoms with van der Waals surface area (Å²) in [5.41, 5.74) is 2.71. The van der Waals surface area contributed by atoms with Crippen molar-refractivity contribution in [1.29, 1.82) is 0 Å². The zero-order chi connectivity index (χ0) is 18.9. The molecular weight excluding hydrogens is 358 g/mol. The number of ether oxygens (including phenoxy) is 1. The number of rotatable bonds is 3. The van der Waals surface area contributed by atoms with Crippen LogP contribution in [0.15, 0.2) is 47.3 Å². The summed E-state index contributed by atoms with van der Waals surface area (Å²) in [6.45, 7) is 1.76. The third kappa shape index (κ3) is 3.05. The monoisotopic (exact) mass is 377 g/mol. The first-order valence-electron chi connectivity index (χ1n) is 9.37. The van der Waals surface area contributed by atoms with Gasteiger partial charge in [0.05, 0.1) is 18.7 Å². The Morgan fingerprint density at radius 3 is 3.00 bits per heavy atom. The van der Waals surface area contributed by atoms with Gasteiger partial charge in [0.25, 0.3) is 11.8 Å². The molecule has 0 bridgehead atoms. The molecular formula is C20H19N5O3. The van der Waals surface area contributed by atoms with E-state index in [0.29, 0.717) is 37.2 Å². The van der Waals surface area contributed by atoms with E-state index in [0.717, 1.165) is 18.4 Å². The maximum Gasteiger partial charge on any atom is 0.267 e. The third-order valence-corrected chi connectivity index (χ3v) is 5.29. The standard InChI is InChI=1S/C20H19N5O3/c26-20(17-15-4-2-1-3-13(15)6-10-27-17)25-9-5-14(12-25)18-23-24-19(28-18)16-11-21-7-8-22-16/h1-4,7-8,11,14,17H,5-6,9-10,12H2/t14-,17-/m1/s1. The fourth-order valence-corrected chi connectivity index (χ4v) is 3.84. The van der Waals surface area contributed by atoms with Gasteiger partial charge in [-0.3, -0.25) is 9.78 Å². The molecule has 28 heavy (non-hydrogen) atoms. The van der Waals surface area contributed by atoms with Crippen molar-refractivity contribution in [2.75, 3.05) is 19.7 Å². The molecule has 2 aliphatic heterocycles. The highest BCUT2D eigenvalue weighted by Crippen LogP contribution is 2.33. The Kier molecular flexibility index (Phi) is 4.32. The van der Waals surface area contributed by atoms with Gasteiger partial charge in [-0.05, 0) is 24.0 Å². The topological polar surface area (TPSA) is 94.2 Å². The summed E-state index contributed by atoms with van der Waals surface area (Å²) in [5.74, 6) is 0.891. The van der Waals surface area contributed by atoms with E-state index in [1.54, 1.807) is 18.6 Å². The van der Waals surface area contributed by atoms with Crippen LogP contribution in [0.3, 0.4) is 0 Å². The smallest absolute Gasteiger partial charge is 0.267 e. The van der Waals surface area contributed by atoms with Crippen molar-refractivity contribution in [3.63, 3.8) is 0 Å². The predicted molar refractivity (Wildman–Crippen MR) is 98.1 cm³/mol. The number of aromatic nitrogens is 4. The van der Waals surface area contributed by atoms with Gasteiger partial charge < -0.3 is 14.1 Å². The van der Waals surface area contributed by atoms with Crippen LogP contribution >= 0.6 is 0 Å². The first-order valence-corrected chi connectivity index (χ1v) is 9.37. The summed E-state index contributed by atoms with van der Waals surface area (Å²) in [4.78, 5) is 23.1. The molecule has 1 aromatic carbocycles. The van der Waals surface area contributed by atoms with Gasteiger partial charge in [-0.1, -0.05) is 24.3 Å². The van der Waals surface area contributed by atoms with Crippen LogP contribution in [0.4, 0.5) is 0 Å². The minimum atomic E-state index is -0.526. The molecule has 2 atom stereocenters. The Balaban J connectivity index is 1.30. The van der Waals surface area contributed by atoms with E-state index in [2.05, 4.69) is 26.2 Å². The van der Waals surface area contributed by atoms with Crippen molar-refractivity contribution in [3.8, 4) is 11.6 Å². The maximum absolute atomic E-state index is 13.1. The lowest BCUT2D eigenvalue weighted by atomic mass is 9.97. The minimum Gasteiger partial charge on any atom is -0.419 e. The molecule has 0 N–H and O–H groups in total. The second-order valence-electron chi connectivity index (χ2n) is 7.01. The second kappa shape index (κ2) is 7.12. The predicted octanol–water partition coefficient (Wildman–Crippen LogP) is 2.16. The van der Waals surface area contributed by atoms with Crippen LogP contribution in [0.2, 0.25) is 0 Å². The number of amides is 1. The maximum atomic E-state index is 13.1. The van der Waals surface area contributed by atoms with E-state index in [9.17, 15) is 4.79 Å². The van der Waals surface area contributed by atoms with E-state index in [4.69, 9.17) is 9.15 Å². The van der Waals surface area contributed by atoms with Crippen LogP contribution in [-0.2, 0) is 16.0 Å². The van der Waals surface area contributed by atoms with Crippen molar-refractivity contribution >= 4 is 5.91 Å². The first kappa shape index (κ1) is 17.0. The Hall–Kier alpha value is -3.13. The zero-order valence-electron chi connectivity index (χ0n) is 15.2. The molecule has 5 rings (SSSR count). The zero-order valence-corrected chi connectivity index (χ0v) is 15.2. The lowest BCUT2D eigenvalue weighted by Gasteiger charge is -2.28. The molecule has 2 aromatic heterocycles. The molecule has 0 radical (unpaired) electrons. The van der Waals surface area contributed by atoms with Crippen molar-refractivity contribution in [1.82, 2.24) is 25.1 Å². The highest BCUT2D eigenvalue weighted by atomic mass is 16.5. The van der Waals surface area contributed by atoms with Gasteiger partial charge in [0.2, 0.25) is 5.89 Å². The minimum absolute atomic E-state index is 0.00307. The number of fused-ring (bicyclic) bond motifs is 1. The average molecular weight is 377 g/mol. The van der Waals surface area contributed by atoms with Crippen LogP contribution in [-0.4, -0.2) is 50.7 Å². The van der Waals surface area contributed by atoms with E-state index < -0.39 is 6.10 Å². The highest BCUT2D eigenvalue weighted by molar-refractivity contribution is 5.83. The normalized spacial score (nSPS) is 21.5. The number of hydrogen-bond acceptors (Lipinski definition) is 7. The van der Waals surface area contributed by atoms with Crippen LogP contribution in [0.5, 0.6) is 0 Å². The van der Waals surface area contributed by atoms with Crippen molar-refractivity contribution < 1.29 is 13.9 Å². The fraction of sp³-hybridized carbons (Fsp3) is 0.350. The van der Waals surface area contributed by atoms with E-state index in [-0.39, 0.29) is 11.8 Å². The molecule has 8 heteroatoms. The third-order valence-electron chi connectivity index (χ3n) is 5.29. The molecule has 0 unspecified atom stereocenters. The van der Waals surface area contributed by atoms with Gasteiger partial charge in [-0.15, -0.1) is 10.2 Å². The molecule has 0 saturated carbocycles. The summed E-state index contributed by atoms with van der Waals surface area (Å²) < 4.78 is 11.6. The molecule has 142 valence electrons. The number of benzene rings is 1. The second-order valence-corrected chi connectivity index (χ2v) is 7.01. The Morgan fingerprint density at radius 1 is 1.18 bits per heavy atom. The summed E-state index contributed by atoms with van der Waals surface area (Å²) in [7, 11) is 0. The number of hydrogen-bond donors (Lipinski definition) is 0. The Bertz CT molecular complexity index is 990.